The highest BCUT2D eigenvalue weighted by Crippen LogP contribution is 2.30. The minimum Gasteiger partial charge on any atom is -0.490 e. The lowest BCUT2D eigenvalue weighted by molar-refractivity contribution is -0.127. The number of hydrogen-bond acceptors (Lipinski definition) is 5. The molecule has 0 bridgehead atoms. The number of ether oxygens (including phenoxy) is 2. The molecule has 1 aliphatic heterocycles. The second-order valence-electron chi connectivity index (χ2n) is 6.10. The van der Waals surface area contributed by atoms with Crippen molar-refractivity contribution in [2.75, 3.05) is 19.8 Å². The van der Waals surface area contributed by atoms with E-state index in [1.165, 1.54) is 0 Å². The lowest BCUT2D eigenvalue weighted by atomic mass is 10.1. The molecular weight excluding hydrogens is 310 g/mol. The Labute approximate surface area is 141 Å². The third-order valence-electron chi connectivity index (χ3n) is 3.75. The number of nitrogens with one attached hydrogen (secondary N) is 2. The van der Waals surface area contributed by atoms with Gasteiger partial charge in [-0.05, 0) is 23.6 Å². The van der Waals surface area contributed by atoms with Crippen LogP contribution in [-0.4, -0.2) is 37.6 Å². The zero-order valence-corrected chi connectivity index (χ0v) is 14.1. The Hall–Kier alpha value is -2.28. The van der Waals surface area contributed by atoms with Gasteiger partial charge in [0.15, 0.2) is 11.5 Å². The van der Waals surface area contributed by atoms with Gasteiger partial charge in [-0.15, -0.1) is 0 Å². The summed E-state index contributed by atoms with van der Waals surface area (Å²) in [4.78, 5) is 23.5. The largest absolute Gasteiger partial charge is 0.490 e. The van der Waals surface area contributed by atoms with Gasteiger partial charge in [0.1, 0.15) is 0 Å². The molecule has 0 saturated carbocycles. The van der Waals surface area contributed by atoms with Gasteiger partial charge in [-0.25, -0.2) is 0 Å². The number of hydrogen-bond donors (Lipinski definition) is 3. The molecule has 4 N–H and O–H groups in total. The second kappa shape index (κ2) is 8.54. The van der Waals surface area contributed by atoms with Crippen LogP contribution < -0.4 is 25.8 Å². The van der Waals surface area contributed by atoms with Crippen LogP contribution in [0.25, 0.3) is 0 Å². The summed E-state index contributed by atoms with van der Waals surface area (Å²) in [5, 5.41) is 5.29. The summed E-state index contributed by atoms with van der Waals surface area (Å²) in [6.45, 7) is 5.22. The van der Waals surface area contributed by atoms with E-state index in [0.717, 1.165) is 17.7 Å². The molecule has 7 nitrogen and oxygen atoms in total. The van der Waals surface area contributed by atoms with E-state index in [1.54, 1.807) is 0 Å². The average molecular weight is 335 g/mol. The standard InChI is InChI=1S/C17H25N3O4/c1-11(2)16(18)17(22)20-10-15(21)19-9-12-4-5-13-14(8-12)24-7-3-6-23-13/h4-5,8,11,16H,3,6-7,9-10,18H2,1-2H3,(H,19,21)(H,20,22)/t16-/m0/s1. The van der Waals surface area contributed by atoms with Crippen LogP contribution in [0.3, 0.4) is 0 Å². The van der Waals surface area contributed by atoms with Crippen LogP contribution in [0.5, 0.6) is 11.5 Å². The molecule has 1 atom stereocenters. The number of rotatable bonds is 6. The van der Waals surface area contributed by atoms with Gasteiger partial charge in [0.05, 0.1) is 25.8 Å². The lowest BCUT2D eigenvalue weighted by Gasteiger charge is -2.15. The molecule has 0 saturated heterocycles. The maximum absolute atomic E-state index is 11.8. The van der Waals surface area contributed by atoms with Crippen molar-refractivity contribution in [2.24, 2.45) is 11.7 Å². The van der Waals surface area contributed by atoms with Crippen LogP contribution in [0.1, 0.15) is 25.8 Å². The summed E-state index contributed by atoms with van der Waals surface area (Å²) in [5.74, 6) is 0.838. The summed E-state index contributed by atoms with van der Waals surface area (Å²) < 4.78 is 11.2. The van der Waals surface area contributed by atoms with Crippen molar-refractivity contribution in [2.45, 2.75) is 32.9 Å². The van der Waals surface area contributed by atoms with Crippen molar-refractivity contribution in [3.63, 3.8) is 0 Å². The number of amides is 2. The van der Waals surface area contributed by atoms with Gasteiger partial charge in [-0.1, -0.05) is 19.9 Å². The van der Waals surface area contributed by atoms with Crippen molar-refractivity contribution < 1.29 is 19.1 Å². The smallest absolute Gasteiger partial charge is 0.239 e. The van der Waals surface area contributed by atoms with Gasteiger partial charge in [0.25, 0.3) is 0 Å². The van der Waals surface area contributed by atoms with E-state index in [9.17, 15) is 9.59 Å². The number of fused-ring (bicyclic) bond motifs is 1. The topological polar surface area (TPSA) is 103 Å². The normalized spacial score (nSPS) is 14.7. The molecule has 132 valence electrons. The molecule has 7 heteroatoms. The van der Waals surface area contributed by atoms with Crippen LogP contribution in [0.4, 0.5) is 0 Å². The zero-order valence-electron chi connectivity index (χ0n) is 14.1. The quantitative estimate of drug-likeness (QED) is 0.705. The fraction of sp³-hybridized carbons (Fsp3) is 0.529. The minimum atomic E-state index is -0.612. The van der Waals surface area contributed by atoms with E-state index in [2.05, 4.69) is 10.6 Å². The summed E-state index contributed by atoms with van der Waals surface area (Å²) in [6, 6.07) is 4.96. The maximum atomic E-state index is 11.8. The molecular formula is C17H25N3O4. The average Bonchev–Trinajstić information content (AvgIpc) is 2.81. The van der Waals surface area contributed by atoms with Crippen molar-refractivity contribution in [1.29, 1.82) is 0 Å². The molecule has 1 aromatic rings. The fourth-order valence-corrected chi connectivity index (χ4v) is 2.17. The fourth-order valence-electron chi connectivity index (χ4n) is 2.17. The molecule has 0 spiro atoms. The summed E-state index contributed by atoms with van der Waals surface area (Å²) in [5.41, 5.74) is 6.62. The first-order valence-corrected chi connectivity index (χ1v) is 8.16. The Morgan fingerprint density at radius 2 is 1.88 bits per heavy atom. The van der Waals surface area contributed by atoms with E-state index in [-0.39, 0.29) is 24.3 Å². The van der Waals surface area contributed by atoms with Crippen LogP contribution in [-0.2, 0) is 16.1 Å². The summed E-state index contributed by atoms with van der Waals surface area (Å²) in [7, 11) is 0. The van der Waals surface area contributed by atoms with Gasteiger partial charge in [-0.3, -0.25) is 9.59 Å². The van der Waals surface area contributed by atoms with Crippen LogP contribution >= 0.6 is 0 Å². The van der Waals surface area contributed by atoms with E-state index in [0.29, 0.717) is 25.5 Å². The van der Waals surface area contributed by atoms with Crippen LogP contribution in [0.2, 0.25) is 0 Å². The van der Waals surface area contributed by atoms with Gasteiger partial charge >= 0.3 is 0 Å². The first-order valence-electron chi connectivity index (χ1n) is 8.16. The Bertz CT molecular complexity index is 589. The number of carbonyl (C=O) groups excluding carboxylic acids is 2. The second-order valence-corrected chi connectivity index (χ2v) is 6.10. The van der Waals surface area contributed by atoms with E-state index < -0.39 is 6.04 Å². The van der Waals surface area contributed by atoms with Gasteiger partial charge in [0.2, 0.25) is 11.8 Å². The monoisotopic (exact) mass is 335 g/mol. The third kappa shape index (κ3) is 5.13. The van der Waals surface area contributed by atoms with Gasteiger partial charge in [0, 0.05) is 13.0 Å². The predicted molar refractivity (Wildman–Crippen MR) is 89.7 cm³/mol. The third-order valence-corrected chi connectivity index (χ3v) is 3.75. The van der Waals surface area contributed by atoms with Crippen LogP contribution in [0, 0.1) is 5.92 Å². The van der Waals surface area contributed by atoms with E-state index in [1.807, 2.05) is 32.0 Å². The molecule has 0 aromatic heterocycles. The highest BCUT2D eigenvalue weighted by molar-refractivity contribution is 5.87. The molecule has 24 heavy (non-hydrogen) atoms. The van der Waals surface area contributed by atoms with Crippen molar-refractivity contribution in [1.82, 2.24) is 10.6 Å². The highest BCUT2D eigenvalue weighted by atomic mass is 16.5. The minimum absolute atomic E-state index is 0.0230. The molecule has 1 heterocycles. The Morgan fingerprint density at radius 1 is 1.17 bits per heavy atom. The molecule has 0 fully saturated rings. The maximum Gasteiger partial charge on any atom is 0.239 e. The molecule has 2 rings (SSSR count). The zero-order chi connectivity index (χ0) is 17.5. The highest BCUT2D eigenvalue weighted by Gasteiger charge is 2.17. The molecule has 0 radical (unpaired) electrons. The molecule has 0 aliphatic carbocycles. The lowest BCUT2D eigenvalue weighted by Crippen LogP contribution is -2.47. The Morgan fingerprint density at radius 3 is 2.58 bits per heavy atom. The first kappa shape index (κ1) is 18.1. The SMILES string of the molecule is CC(C)[C@H](N)C(=O)NCC(=O)NCc1ccc2c(c1)OCCCO2. The number of nitrogens with two attached hydrogens (primary N) is 1. The Balaban J connectivity index is 1.79. The molecule has 2 amide bonds. The van der Waals surface area contributed by atoms with Gasteiger partial charge in [-0.2, -0.15) is 0 Å². The Kier molecular flexibility index (Phi) is 6.43. The van der Waals surface area contributed by atoms with Crippen LogP contribution in [0.15, 0.2) is 18.2 Å². The number of carbonyl (C=O) groups is 2. The van der Waals surface area contributed by atoms with Gasteiger partial charge < -0.3 is 25.8 Å². The molecule has 1 aliphatic rings. The summed E-state index contributed by atoms with van der Waals surface area (Å²) in [6.07, 6.45) is 0.846. The van der Waals surface area contributed by atoms with E-state index >= 15 is 0 Å². The summed E-state index contributed by atoms with van der Waals surface area (Å²) >= 11 is 0. The van der Waals surface area contributed by atoms with Crippen molar-refractivity contribution in [3.8, 4) is 11.5 Å². The molecule has 1 aromatic carbocycles. The number of benzene rings is 1. The van der Waals surface area contributed by atoms with E-state index in [4.69, 9.17) is 15.2 Å². The van der Waals surface area contributed by atoms with Crippen molar-refractivity contribution in [3.05, 3.63) is 23.8 Å². The van der Waals surface area contributed by atoms with Crippen molar-refractivity contribution >= 4 is 11.8 Å². The predicted octanol–water partition coefficient (Wildman–Crippen LogP) is 0.564. The first-order chi connectivity index (χ1) is 11.5. The molecule has 0 unspecified atom stereocenters.